The first-order valence-corrected chi connectivity index (χ1v) is 7.40. The third kappa shape index (κ3) is 3.58. The van der Waals surface area contributed by atoms with Gasteiger partial charge < -0.3 is 15.0 Å². The van der Waals surface area contributed by atoms with Crippen LogP contribution in [0.3, 0.4) is 0 Å². The molecule has 0 amide bonds. The number of aromatic nitrogens is 2. The van der Waals surface area contributed by atoms with E-state index < -0.39 is 0 Å². The van der Waals surface area contributed by atoms with Crippen molar-refractivity contribution >= 4 is 28.4 Å². The van der Waals surface area contributed by atoms with E-state index in [9.17, 15) is 4.79 Å². The minimum Gasteiger partial charge on any atom is -0.463 e. The van der Waals surface area contributed by atoms with Crippen LogP contribution in [-0.4, -0.2) is 22.5 Å². The second kappa shape index (κ2) is 6.79. The third-order valence-electron chi connectivity index (χ3n) is 3.33. The summed E-state index contributed by atoms with van der Waals surface area (Å²) in [4.78, 5) is 19.1. The van der Waals surface area contributed by atoms with Gasteiger partial charge in [0.2, 0.25) is 0 Å². The summed E-state index contributed by atoms with van der Waals surface area (Å²) in [6.45, 7) is 2.13. The van der Waals surface area contributed by atoms with Gasteiger partial charge >= 0.3 is 5.97 Å². The lowest BCUT2D eigenvalue weighted by atomic mass is 10.1. The van der Waals surface area contributed by atoms with E-state index in [1.54, 1.807) is 13.3 Å². The summed E-state index contributed by atoms with van der Waals surface area (Å²) in [7, 11) is 0. The predicted molar refractivity (Wildman–Crippen MR) is 90.8 cm³/mol. The molecule has 0 aliphatic heterocycles. The number of carbonyl (C=O) groups excluding carboxylic acids is 1. The Labute approximate surface area is 134 Å². The van der Waals surface area contributed by atoms with Crippen LogP contribution in [0.25, 0.3) is 16.7 Å². The Kier molecular flexibility index (Phi) is 4.38. The molecular weight excluding hydrogens is 290 g/mol. The second-order valence-electron chi connectivity index (χ2n) is 4.94. The molecule has 3 aromatic rings. The van der Waals surface area contributed by atoms with E-state index in [2.05, 4.69) is 15.3 Å². The SMILES string of the molecule is CCOC(=O)/C=C(/Nc1ccc2nc[nH]c2c1)c1ccccc1. The number of rotatable bonds is 5. The number of carbonyl (C=O) groups is 1. The van der Waals surface area contributed by atoms with Crippen molar-refractivity contribution in [3.8, 4) is 0 Å². The highest BCUT2D eigenvalue weighted by Crippen LogP contribution is 2.21. The van der Waals surface area contributed by atoms with Crippen LogP contribution < -0.4 is 5.32 Å². The van der Waals surface area contributed by atoms with Crippen molar-refractivity contribution in [1.29, 1.82) is 0 Å². The Morgan fingerprint density at radius 2 is 2.09 bits per heavy atom. The maximum atomic E-state index is 11.8. The second-order valence-corrected chi connectivity index (χ2v) is 4.94. The fourth-order valence-electron chi connectivity index (χ4n) is 2.28. The molecule has 2 N–H and O–H groups in total. The Hall–Kier alpha value is -3.08. The predicted octanol–water partition coefficient (Wildman–Crippen LogP) is 3.58. The number of hydrogen-bond acceptors (Lipinski definition) is 4. The molecule has 3 rings (SSSR count). The number of aromatic amines is 1. The lowest BCUT2D eigenvalue weighted by Gasteiger charge is -2.11. The summed E-state index contributed by atoms with van der Waals surface area (Å²) in [5.74, 6) is -0.374. The highest BCUT2D eigenvalue weighted by molar-refractivity contribution is 5.95. The average Bonchev–Trinajstić information content (AvgIpc) is 3.03. The number of anilines is 1. The highest BCUT2D eigenvalue weighted by Gasteiger charge is 2.07. The van der Waals surface area contributed by atoms with Crippen LogP contribution in [0.5, 0.6) is 0 Å². The standard InChI is InChI=1S/C18H17N3O2/c1-2-23-18(22)11-16(13-6-4-3-5-7-13)21-14-8-9-15-17(10-14)20-12-19-15/h3-12,21H,2H2,1H3,(H,19,20)/b16-11+. The molecule has 23 heavy (non-hydrogen) atoms. The van der Waals surface area contributed by atoms with Gasteiger partial charge in [-0.2, -0.15) is 0 Å². The minimum atomic E-state index is -0.374. The summed E-state index contributed by atoms with van der Waals surface area (Å²) < 4.78 is 5.02. The van der Waals surface area contributed by atoms with E-state index in [-0.39, 0.29) is 5.97 Å². The number of nitrogens with zero attached hydrogens (tertiary/aromatic N) is 1. The molecule has 2 aromatic carbocycles. The van der Waals surface area contributed by atoms with E-state index in [0.29, 0.717) is 12.3 Å². The molecule has 0 fully saturated rings. The van der Waals surface area contributed by atoms with E-state index in [0.717, 1.165) is 22.3 Å². The molecule has 0 bridgehead atoms. The summed E-state index contributed by atoms with van der Waals surface area (Å²) in [5.41, 5.74) is 4.28. The van der Waals surface area contributed by atoms with Gasteiger partial charge in [0.05, 0.1) is 29.7 Å². The maximum absolute atomic E-state index is 11.8. The minimum absolute atomic E-state index is 0.345. The maximum Gasteiger partial charge on any atom is 0.332 e. The molecule has 0 spiro atoms. The highest BCUT2D eigenvalue weighted by atomic mass is 16.5. The number of nitrogens with one attached hydrogen (secondary N) is 2. The first-order valence-electron chi connectivity index (χ1n) is 7.40. The molecule has 116 valence electrons. The average molecular weight is 307 g/mol. The molecule has 1 aromatic heterocycles. The topological polar surface area (TPSA) is 67.0 Å². The molecule has 0 saturated heterocycles. The molecule has 0 aliphatic carbocycles. The van der Waals surface area contributed by atoms with Crippen LogP contribution >= 0.6 is 0 Å². The number of fused-ring (bicyclic) bond motifs is 1. The van der Waals surface area contributed by atoms with Crippen molar-refractivity contribution in [2.45, 2.75) is 6.92 Å². The summed E-state index contributed by atoms with van der Waals surface area (Å²) in [6, 6.07) is 15.4. The molecule has 5 nitrogen and oxygen atoms in total. The number of imidazole rings is 1. The molecule has 0 radical (unpaired) electrons. The van der Waals surface area contributed by atoms with Gasteiger partial charge in [-0.1, -0.05) is 30.3 Å². The van der Waals surface area contributed by atoms with Gasteiger partial charge in [-0.05, 0) is 30.7 Å². The Morgan fingerprint density at radius 1 is 1.26 bits per heavy atom. The van der Waals surface area contributed by atoms with Crippen molar-refractivity contribution in [2.75, 3.05) is 11.9 Å². The van der Waals surface area contributed by atoms with Crippen LogP contribution in [0.15, 0.2) is 60.9 Å². The van der Waals surface area contributed by atoms with Crippen LogP contribution in [0, 0.1) is 0 Å². The lowest BCUT2D eigenvalue weighted by molar-refractivity contribution is -0.137. The number of ether oxygens (including phenoxy) is 1. The van der Waals surface area contributed by atoms with Gasteiger partial charge in [-0.15, -0.1) is 0 Å². The van der Waals surface area contributed by atoms with Crippen molar-refractivity contribution in [1.82, 2.24) is 9.97 Å². The van der Waals surface area contributed by atoms with E-state index in [4.69, 9.17) is 4.74 Å². The third-order valence-corrected chi connectivity index (χ3v) is 3.33. The van der Waals surface area contributed by atoms with Crippen molar-refractivity contribution in [2.24, 2.45) is 0 Å². The van der Waals surface area contributed by atoms with E-state index in [1.807, 2.05) is 48.5 Å². The fourth-order valence-corrected chi connectivity index (χ4v) is 2.28. The largest absolute Gasteiger partial charge is 0.463 e. The fraction of sp³-hybridized carbons (Fsp3) is 0.111. The number of esters is 1. The van der Waals surface area contributed by atoms with Crippen LogP contribution in [-0.2, 0) is 9.53 Å². The van der Waals surface area contributed by atoms with Gasteiger partial charge in [0.25, 0.3) is 0 Å². The van der Waals surface area contributed by atoms with Crippen molar-refractivity contribution in [3.63, 3.8) is 0 Å². The lowest BCUT2D eigenvalue weighted by Crippen LogP contribution is -2.05. The van der Waals surface area contributed by atoms with Crippen molar-refractivity contribution in [3.05, 3.63) is 66.5 Å². The first kappa shape index (κ1) is 14.8. The zero-order chi connectivity index (χ0) is 16.1. The summed E-state index contributed by atoms with van der Waals surface area (Å²) >= 11 is 0. The molecule has 0 atom stereocenters. The molecule has 0 unspecified atom stereocenters. The van der Waals surface area contributed by atoms with Crippen LogP contribution in [0.4, 0.5) is 5.69 Å². The molecular formula is C18H17N3O2. The quantitative estimate of drug-likeness (QED) is 0.558. The monoisotopic (exact) mass is 307 g/mol. The zero-order valence-electron chi connectivity index (χ0n) is 12.7. The summed E-state index contributed by atoms with van der Waals surface area (Å²) in [5, 5.41) is 3.28. The smallest absolute Gasteiger partial charge is 0.332 e. The Bertz CT molecular complexity index is 838. The molecule has 5 heteroatoms. The molecule has 1 heterocycles. The van der Waals surface area contributed by atoms with Crippen LogP contribution in [0.2, 0.25) is 0 Å². The number of hydrogen-bond donors (Lipinski definition) is 2. The van der Waals surface area contributed by atoms with Gasteiger partial charge in [-0.25, -0.2) is 9.78 Å². The normalized spacial score (nSPS) is 11.4. The van der Waals surface area contributed by atoms with Gasteiger partial charge in [0, 0.05) is 11.8 Å². The van der Waals surface area contributed by atoms with Gasteiger partial charge in [-0.3, -0.25) is 0 Å². The Balaban J connectivity index is 1.93. The molecule has 0 aliphatic rings. The van der Waals surface area contributed by atoms with Crippen molar-refractivity contribution < 1.29 is 9.53 Å². The first-order chi connectivity index (χ1) is 11.3. The number of benzene rings is 2. The van der Waals surface area contributed by atoms with Gasteiger partial charge in [0.15, 0.2) is 0 Å². The zero-order valence-corrected chi connectivity index (χ0v) is 12.7. The van der Waals surface area contributed by atoms with E-state index >= 15 is 0 Å². The van der Waals surface area contributed by atoms with Crippen LogP contribution in [0.1, 0.15) is 12.5 Å². The van der Waals surface area contributed by atoms with Gasteiger partial charge in [0.1, 0.15) is 0 Å². The van der Waals surface area contributed by atoms with E-state index in [1.165, 1.54) is 6.08 Å². The number of H-pyrrole nitrogens is 1. The summed E-state index contributed by atoms with van der Waals surface area (Å²) in [6.07, 6.45) is 3.12. The Morgan fingerprint density at radius 3 is 2.87 bits per heavy atom. The molecule has 0 saturated carbocycles.